The highest BCUT2D eigenvalue weighted by molar-refractivity contribution is 5.74. The second-order valence-electron chi connectivity index (χ2n) is 22.0. The third-order valence-electron chi connectivity index (χ3n) is 14.5. The molecule has 0 aromatic rings. The molecule has 1 fully saturated rings. The number of aliphatic hydroxyl groups excluding tert-OH is 2. The number of ether oxygens (including phenoxy) is 5. The van der Waals surface area contributed by atoms with Crippen molar-refractivity contribution in [3.8, 4) is 0 Å². The summed E-state index contributed by atoms with van der Waals surface area (Å²) in [4.78, 5) is 51.3. The first kappa shape index (κ1) is 73.4. The van der Waals surface area contributed by atoms with Gasteiger partial charge in [-0.25, -0.2) is 4.79 Å². The Morgan fingerprint density at radius 2 is 0.759 bits per heavy atom. The highest BCUT2D eigenvalue weighted by Gasteiger charge is 2.50. The quantitative estimate of drug-likeness (QED) is 0.0228. The number of esters is 3. The van der Waals surface area contributed by atoms with E-state index in [9.17, 15) is 34.5 Å². The van der Waals surface area contributed by atoms with E-state index in [1.165, 1.54) is 116 Å². The lowest BCUT2D eigenvalue weighted by Crippen LogP contribution is -2.61. The van der Waals surface area contributed by atoms with Crippen LogP contribution in [0, 0.1) is 0 Å². The van der Waals surface area contributed by atoms with Gasteiger partial charge >= 0.3 is 23.9 Å². The number of hydrogen-bond acceptors (Lipinski definition) is 11. The first-order chi connectivity index (χ1) is 38.6. The lowest BCUT2D eigenvalue weighted by Gasteiger charge is -2.40. The molecule has 6 unspecified atom stereocenters. The van der Waals surface area contributed by atoms with E-state index in [1.807, 2.05) is 0 Å². The van der Waals surface area contributed by atoms with Crippen molar-refractivity contribution in [1.29, 1.82) is 0 Å². The van der Waals surface area contributed by atoms with E-state index in [0.29, 0.717) is 19.3 Å². The van der Waals surface area contributed by atoms with Crippen molar-refractivity contribution in [2.24, 2.45) is 0 Å². The van der Waals surface area contributed by atoms with Gasteiger partial charge in [-0.05, 0) is 109 Å². The monoisotopic (exact) mass is 1110 g/mol. The minimum absolute atomic E-state index is 0.0488. The normalized spacial score (nSPS) is 18.2. The Morgan fingerprint density at radius 3 is 1.18 bits per heavy atom. The molecule has 0 aromatic heterocycles. The van der Waals surface area contributed by atoms with Crippen molar-refractivity contribution >= 4 is 23.9 Å². The molecule has 1 heterocycles. The van der Waals surface area contributed by atoms with Gasteiger partial charge in [0.25, 0.3) is 0 Å². The van der Waals surface area contributed by atoms with Crippen LogP contribution in [0.15, 0.2) is 60.8 Å². The van der Waals surface area contributed by atoms with Crippen molar-refractivity contribution in [3.05, 3.63) is 60.8 Å². The summed E-state index contributed by atoms with van der Waals surface area (Å²) in [5, 5.41) is 31.6. The first-order valence-electron chi connectivity index (χ1n) is 32.3. The molecule has 0 spiro atoms. The van der Waals surface area contributed by atoms with Crippen molar-refractivity contribution in [1.82, 2.24) is 0 Å². The molecule has 0 radical (unpaired) electrons. The number of aliphatic hydroxyl groups is 2. The fourth-order valence-corrected chi connectivity index (χ4v) is 9.54. The Balaban J connectivity index is 2.67. The average molecular weight is 1110 g/mol. The van der Waals surface area contributed by atoms with Crippen LogP contribution in [0.5, 0.6) is 0 Å². The van der Waals surface area contributed by atoms with E-state index in [4.69, 9.17) is 23.7 Å². The number of rotatable bonds is 55. The minimum Gasteiger partial charge on any atom is -0.479 e. The fraction of sp³-hybridized carbons (Fsp3) is 0.791. The third-order valence-corrected chi connectivity index (χ3v) is 14.5. The van der Waals surface area contributed by atoms with Gasteiger partial charge in [0.2, 0.25) is 0 Å². The molecule has 0 saturated carbocycles. The zero-order valence-electron chi connectivity index (χ0n) is 50.4. The predicted molar refractivity (Wildman–Crippen MR) is 322 cm³/mol. The molecule has 1 aliphatic rings. The maximum absolute atomic E-state index is 13.2. The molecule has 79 heavy (non-hydrogen) atoms. The van der Waals surface area contributed by atoms with Crippen LogP contribution in [-0.2, 0) is 42.9 Å². The van der Waals surface area contributed by atoms with Crippen LogP contribution in [-0.4, -0.2) is 89.2 Å². The van der Waals surface area contributed by atoms with E-state index in [-0.39, 0.29) is 25.9 Å². The summed E-state index contributed by atoms with van der Waals surface area (Å²) in [5.41, 5.74) is 0. The minimum atomic E-state index is -1.91. The molecule has 12 heteroatoms. The fourth-order valence-electron chi connectivity index (χ4n) is 9.54. The largest absolute Gasteiger partial charge is 0.479 e. The summed E-state index contributed by atoms with van der Waals surface area (Å²) in [6.45, 7) is 5.95. The maximum Gasteiger partial charge on any atom is 0.335 e. The highest BCUT2D eigenvalue weighted by atomic mass is 16.7. The van der Waals surface area contributed by atoms with E-state index in [1.54, 1.807) is 0 Å². The maximum atomic E-state index is 13.2. The number of unbranched alkanes of at least 4 members (excludes halogenated alkanes) is 31. The van der Waals surface area contributed by atoms with Crippen molar-refractivity contribution in [2.75, 3.05) is 13.2 Å². The van der Waals surface area contributed by atoms with Gasteiger partial charge in [-0.1, -0.05) is 223 Å². The van der Waals surface area contributed by atoms with Crippen molar-refractivity contribution in [3.63, 3.8) is 0 Å². The lowest BCUT2D eigenvalue weighted by atomic mass is 9.98. The molecular weight excluding hydrogens is 997 g/mol. The molecule has 1 rings (SSSR count). The van der Waals surface area contributed by atoms with E-state index >= 15 is 0 Å². The standard InChI is InChI=1S/C67H116O12/c1-4-7-10-13-16-19-22-25-28-29-30-31-34-35-38-41-44-47-50-53-59(68)75-56-58(77-60(69)54-51-48-45-42-39-36-32-26-23-20-17-14-11-8-5-2)57-76-67-65(63(72)62(71)64(79-67)66(73)74)78-61(70)55-52-49-46-43-40-37-33-27-24-21-18-15-12-9-6-3/h16-17,19-20,25-28,32-33,58,62-65,67,71-72H,4-15,18,21-24,29-31,34-57H2,1-3H3,(H,73,74)/b19-16-,20-17-,28-25-,32-26-,33-27-. The average Bonchev–Trinajstić information content (AvgIpc) is 3.46. The van der Waals surface area contributed by atoms with Crippen LogP contribution in [0.25, 0.3) is 0 Å². The predicted octanol–water partition coefficient (Wildman–Crippen LogP) is 17.1. The molecule has 0 aliphatic carbocycles. The number of carbonyl (C=O) groups is 4. The molecule has 0 bridgehead atoms. The van der Waals surface area contributed by atoms with Gasteiger partial charge in [0.1, 0.15) is 18.8 Å². The van der Waals surface area contributed by atoms with E-state index in [0.717, 1.165) is 116 Å². The van der Waals surface area contributed by atoms with Crippen LogP contribution in [0.2, 0.25) is 0 Å². The Labute approximate surface area is 481 Å². The Morgan fingerprint density at radius 1 is 0.418 bits per heavy atom. The number of carboxylic acid groups (broad SMARTS) is 1. The summed E-state index contributed by atoms with van der Waals surface area (Å²) in [6.07, 6.45) is 56.0. The molecule has 456 valence electrons. The van der Waals surface area contributed by atoms with E-state index in [2.05, 4.69) is 81.5 Å². The van der Waals surface area contributed by atoms with Crippen LogP contribution in [0.4, 0.5) is 0 Å². The Bertz CT molecular complexity index is 1600. The summed E-state index contributed by atoms with van der Waals surface area (Å²) in [6, 6.07) is 0. The summed E-state index contributed by atoms with van der Waals surface area (Å²) < 4.78 is 28.5. The third kappa shape index (κ3) is 44.7. The zero-order chi connectivity index (χ0) is 57.5. The summed E-state index contributed by atoms with van der Waals surface area (Å²) >= 11 is 0. The second-order valence-corrected chi connectivity index (χ2v) is 22.0. The highest BCUT2D eigenvalue weighted by Crippen LogP contribution is 2.27. The smallest absolute Gasteiger partial charge is 0.335 e. The van der Waals surface area contributed by atoms with Crippen LogP contribution < -0.4 is 0 Å². The van der Waals surface area contributed by atoms with Gasteiger partial charge in [-0.2, -0.15) is 0 Å². The van der Waals surface area contributed by atoms with Gasteiger partial charge in [0.05, 0.1) is 6.61 Å². The Hall–Kier alpha value is -3.58. The molecule has 3 N–H and O–H groups in total. The van der Waals surface area contributed by atoms with Gasteiger partial charge in [-0.15, -0.1) is 0 Å². The number of carboxylic acids is 1. The van der Waals surface area contributed by atoms with Gasteiger partial charge in [-0.3, -0.25) is 14.4 Å². The number of aliphatic carboxylic acids is 1. The second kappa shape index (κ2) is 55.0. The molecular formula is C67H116O12. The molecule has 12 nitrogen and oxygen atoms in total. The van der Waals surface area contributed by atoms with Crippen LogP contribution in [0.3, 0.4) is 0 Å². The molecule has 0 amide bonds. The number of carbonyl (C=O) groups excluding carboxylic acids is 3. The topological polar surface area (TPSA) is 175 Å². The lowest BCUT2D eigenvalue weighted by molar-refractivity contribution is -0.301. The van der Waals surface area contributed by atoms with Gasteiger partial charge < -0.3 is 39.0 Å². The zero-order valence-corrected chi connectivity index (χ0v) is 50.4. The molecule has 6 atom stereocenters. The van der Waals surface area contributed by atoms with Crippen LogP contribution in [0.1, 0.15) is 290 Å². The SMILES string of the molecule is CCCCC/C=C\C/C=C\CCCCCCCCCCCC(=O)OCC(COC1OC(C(=O)O)C(O)C(O)C1OC(=O)CCCCCCC/C=C\CCCCCCCC)OC(=O)CCCCCCC/C=C\C/C=C\CCCCC. The Kier molecular flexibility index (Phi) is 51.1. The van der Waals surface area contributed by atoms with Gasteiger partial charge in [0.15, 0.2) is 24.6 Å². The van der Waals surface area contributed by atoms with Crippen molar-refractivity contribution < 1.29 is 58.2 Å². The molecule has 0 aromatic carbocycles. The molecule has 1 saturated heterocycles. The number of allylic oxidation sites excluding steroid dienone is 10. The van der Waals surface area contributed by atoms with Crippen LogP contribution >= 0.6 is 0 Å². The number of hydrogen-bond donors (Lipinski definition) is 3. The summed E-state index contributed by atoms with van der Waals surface area (Å²) in [5.74, 6) is -3.14. The van der Waals surface area contributed by atoms with Crippen molar-refractivity contribution in [2.45, 2.75) is 327 Å². The van der Waals surface area contributed by atoms with E-state index < -0.39 is 67.3 Å². The summed E-state index contributed by atoms with van der Waals surface area (Å²) in [7, 11) is 0. The van der Waals surface area contributed by atoms with Gasteiger partial charge in [0, 0.05) is 19.3 Å². The molecule has 1 aliphatic heterocycles. The first-order valence-corrected chi connectivity index (χ1v) is 32.3.